The monoisotopic (exact) mass is 462 g/mol. The highest BCUT2D eigenvalue weighted by molar-refractivity contribution is 7.91. The molecule has 1 aliphatic rings. The second-order valence-electron chi connectivity index (χ2n) is 7.65. The van der Waals surface area contributed by atoms with Crippen LogP contribution in [0.25, 0.3) is 17.3 Å². The highest BCUT2D eigenvalue weighted by Gasteiger charge is 2.26. The van der Waals surface area contributed by atoms with Crippen LogP contribution in [-0.2, 0) is 21.1 Å². The summed E-state index contributed by atoms with van der Waals surface area (Å²) in [5.74, 6) is 0.502. The first-order chi connectivity index (χ1) is 14.7. The van der Waals surface area contributed by atoms with Crippen LogP contribution < -0.4 is 0 Å². The molecule has 4 rings (SSSR count). The number of sulfone groups is 1. The summed E-state index contributed by atoms with van der Waals surface area (Å²) >= 11 is 6.02. The van der Waals surface area contributed by atoms with Crippen LogP contribution in [0.3, 0.4) is 0 Å². The zero-order chi connectivity index (χ0) is 22.2. The standard InChI is InChI=1S/C21H23ClN4O4S/c1-14-13-15(2)26(24-14)21-23-20(16-3-5-17(22)6-4-16)18(30-21)7-8-19(27)25-9-11-31(28,29)12-10-25/h3-6,13H,7-12H2,1-2H3. The van der Waals surface area contributed by atoms with Crippen molar-refractivity contribution in [3.63, 3.8) is 0 Å². The molecule has 1 saturated heterocycles. The van der Waals surface area contributed by atoms with Gasteiger partial charge in [0.25, 0.3) is 0 Å². The quantitative estimate of drug-likeness (QED) is 0.578. The molecule has 3 aromatic rings. The van der Waals surface area contributed by atoms with Gasteiger partial charge >= 0.3 is 6.01 Å². The largest absolute Gasteiger partial charge is 0.426 e. The van der Waals surface area contributed by atoms with Gasteiger partial charge in [-0.05, 0) is 32.0 Å². The number of rotatable bonds is 5. The first kappa shape index (κ1) is 21.6. The molecule has 0 unspecified atom stereocenters. The molecule has 1 aromatic carbocycles. The molecule has 2 aromatic heterocycles. The minimum absolute atomic E-state index is 0.0130. The topological polar surface area (TPSA) is 98.3 Å². The van der Waals surface area contributed by atoms with Gasteiger partial charge in [-0.15, -0.1) is 0 Å². The number of nitrogens with zero attached hydrogens (tertiary/aromatic N) is 4. The number of oxazole rings is 1. The number of carbonyl (C=O) groups excluding carboxylic acids is 1. The molecule has 10 heteroatoms. The zero-order valence-electron chi connectivity index (χ0n) is 17.3. The number of carbonyl (C=O) groups is 1. The van der Waals surface area contributed by atoms with Crippen LogP contribution >= 0.6 is 11.6 Å². The molecule has 0 radical (unpaired) electrons. The van der Waals surface area contributed by atoms with Crippen molar-refractivity contribution in [3.05, 3.63) is 52.5 Å². The maximum absolute atomic E-state index is 12.6. The van der Waals surface area contributed by atoms with Gasteiger partial charge in [-0.3, -0.25) is 4.79 Å². The van der Waals surface area contributed by atoms with Gasteiger partial charge < -0.3 is 9.32 Å². The molecule has 0 aliphatic carbocycles. The number of aryl methyl sites for hydroxylation is 3. The van der Waals surface area contributed by atoms with Crippen molar-refractivity contribution in [2.45, 2.75) is 26.7 Å². The first-order valence-corrected chi connectivity index (χ1v) is 12.2. The summed E-state index contributed by atoms with van der Waals surface area (Å²) in [6, 6.07) is 9.52. The SMILES string of the molecule is Cc1cc(C)n(-c2nc(-c3ccc(Cl)cc3)c(CCC(=O)N3CCS(=O)(=O)CC3)o2)n1. The minimum atomic E-state index is -3.03. The Balaban J connectivity index is 1.59. The Kier molecular flexibility index (Phi) is 5.90. The summed E-state index contributed by atoms with van der Waals surface area (Å²) in [5, 5.41) is 5.05. The summed E-state index contributed by atoms with van der Waals surface area (Å²) in [6.07, 6.45) is 0.540. The van der Waals surface area contributed by atoms with Crippen LogP contribution in [0.1, 0.15) is 23.6 Å². The lowest BCUT2D eigenvalue weighted by atomic mass is 10.1. The molecule has 0 spiro atoms. The van der Waals surface area contributed by atoms with Crippen molar-refractivity contribution in [2.75, 3.05) is 24.6 Å². The Labute approximate surface area is 185 Å². The van der Waals surface area contributed by atoms with Gasteiger partial charge in [0.05, 0.1) is 17.2 Å². The van der Waals surface area contributed by atoms with E-state index < -0.39 is 9.84 Å². The van der Waals surface area contributed by atoms with Gasteiger partial charge in [-0.2, -0.15) is 14.8 Å². The van der Waals surface area contributed by atoms with E-state index >= 15 is 0 Å². The lowest BCUT2D eigenvalue weighted by molar-refractivity contribution is -0.130. The number of amides is 1. The summed E-state index contributed by atoms with van der Waals surface area (Å²) < 4.78 is 30.9. The fraction of sp³-hybridized carbons (Fsp3) is 0.381. The van der Waals surface area contributed by atoms with Gasteiger partial charge in [0.2, 0.25) is 5.91 Å². The Bertz CT molecular complexity index is 1200. The summed E-state index contributed by atoms with van der Waals surface area (Å²) in [7, 11) is -3.03. The molecular weight excluding hydrogens is 440 g/mol. The first-order valence-electron chi connectivity index (χ1n) is 9.99. The van der Waals surface area contributed by atoms with E-state index in [1.807, 2.05) is 32.0 Å². The molecule has 0 saturated carbocycles. The maximum atomic E-state index is 12.6. The molecule has 0 bridgehead atoms. The van der Waals surface area contributed by atoms with Gasteiger partial charge in [-0.25, -0.2) is 8.42 Å². The zero-order valence-corrected chi connectivity index (χ0v) is 18.9. The molecule has 0 N–H and O–H groups in total. The Morgan fingerprint density at radius 2 is 1.84 bits per heavy atom. The van der Waals surface area contributed by atoms with Crippen LogP contribution in [0.5, 0.6) is 0 Å². The highest BCUT2D eigenvalue weighted by Crippen LogP contribution is 2.28. The maximum Gasteiger partial charge on any atom is 0.323 e. The Morgan fingerprint density at radius 3 is 2.45 bits per heavy atom. The third-order valence-corrected chi connectivity index (χ3v) is 7.12. The lowest BCUT2D eigenvalue weighted by Gasteiger charge is -2.26. The van der Waals surface area contributed by atoms with E-state index in [0.29, 0.717) is 28.9 Å². The van der Waals surface area contributed by atoms with Gasteiger partial charge in [-0.1, -0.05) is 23.7 Å². The smallest absolute Gasteiger partial charge is 0.323 e. The summed E-state index contributed by atoms with van der Waals surface area (Å²) in [5.41, 5.74) is 3.19. The highest BCUT2D eigenvalue weighted by atomic mass is 35.5. The number of hydrogen-bond acceptors (Lipinski definition) is 6. The predicted octanol–water partition coefficient (Wildman–Crippen LogP) is 2.99. The molecular formula is C21H23ClN4O4S. The normalized spacial score (nSPS) is 15.9. The van der Waals surface area contributed by atoms with Crippen LogP contribution in [0, 0.1) is 13.8 Å². The van der Waals surface area contributed by atoms with Crippen molar-refractivity contribution in [2.24, 2.45) is 0 Å². The molecule has 164 valence electrons. The van der Waals surface area contributed by atoms with Crippen LogP contribution in [0.15, 0.2) is 34.7 Å². The molecule has 3 heterocycles. The minimum Gasteiger partial charge on any atom is -0.426 e. The van der Waals surface area contributed by atoms with E-state index in [-0.39, 0.29) is 36.9 Å². The van der Waals surface area contributed by atoms with E-state index in [9.17, 15) is 13.2 Å². The summed E-state index contributed by atoms with van der Waals surface area (Å²) in [6.45, 7) is 4.28. The van der Waals surface area contributed by atoms with E-state index in [2.05, 4.69) is 10.1 Å². The van der Waals surface area contributed by atoms with E-state index in [1.54, 1.807) is 21.7 Å². The Hall–Kier alpha value is -2.65. The number of aromatic nitrogens is 3. The third-order valence-electron chi connectivity index (χ3n) is 5.26. The van der Waals surface area contributed by atoms with Crippen LogP contribution in [-0.4, -0.2) is 58.6 Å². The molecule has 1 amide bonds. The van der Waals surface area contributed by atoms with Crippen LogP contribution in [0.2, 0.25) is 5.02 Å². The molecule has 1 fully saturated rings. The predicted molar refractivity (Wildman–Crippen MR) is 117 cm³/mol. The Morgan fingerprint density at radius 1 is 1.16 bits per heavy atom. The van der Waals surface area contributed by atoms with Crippen molar-refractivity contribution in [3.8, 4) is 17.3 Å². The van der Waals surface area contributed by atoms with Gasteiger partial charge in [0, 0.05) is 42.2 Å². The third kappa shape index (κ3) is 4.83. The fourth-order valence-corrected chi connectivity index (χ4v) is 4.92. The van der Waals surface area contributed by atoms with E-state index in [4.69, 9.17) is 16.0 Å². The van der Waals surface area contributed by atoms with Crippen molar-refractivity contribution in [1.29, 1.82) is 0 Å². The molecule has 1 aliphatic heterocycles. The second kappa shape index (κ2) is 8.47. The van der Waals surface area contributed by atoms with Gasteiger partial charge in [0.15, 0.2) is 9.84 Å². The van der Waals surface area contributed by atoms with Crippen molar-refractivity contribution in [1.82, 2.24) is 19.7 Å². The lowest BCUT2D eigenvalue weighted by Crippen LogP contribution is -2.43. The van der Waals surface area contributed by atoms with Crippen LogP contribution in [0.4, 0.5) is 0 Å². The molecule has 0 atom stereocenters. The fourth-order valence-electron chi connectivity index (χ4n) is 3.60. The van der Waals surface area contributed by atoms with E-state index in [0.717, 1.165) is 17.0 Å². The van der Waals surface area contributed by atoms with Crippen molar-refractivity contribution >= 4 is 27.3 Å². The van der Waals surface area contributed by atoms with Gasteiger partial charge in [0.1, 0.15) is 11.5 Å². The number of benzene rings is 1. The molecule has 8 nitrogen and oxygen atoms in total. The van der Waals surface area contributed by atoms with Crippen molar-refractivity contribution < 1.29 is 17.6 Å². The van der Waals surface area contributed by atoms with E-state index in [1.165, 1.54) is 0 Å². The number of hydrogen-bond donors (Lipinski definition) is 0. The average Bonchev–Trinajstić information content (AvgIpc) is 3.29. The summed E-state index contributed by atoms with van der Waals surface area (Å²) in [4.78, 5) is 18.9. The number of halogens is 1. The second-order valence-corrected chi connectivity index (χ2v) is 10.4. The molecule has 31 heavy (non-hydrogen) atoms. The average molecular weight is 463 g/mol.